The molecule has 7 heteroatoms. The highest BCUT2D eigenvalue weighted by Gasteiger charge is 2.14. The molecule has 1 atom stereocenters. The molecule has 130 valence electrons. The Balaban J connectivity index is 0.00000264. The number of guanidine groups is 1. The van der Waals surface area contributed by atoms with Gasteiger partial charge in [-0.1, -0.05) is 12.1 Å². The molecule has 1 aliphatic heterocycles. The van der Waals surface area contributed by atoms with Crippen molar-refractivity contribution in [3.05, 3.63) is 35.6 Å². The van der Waals surface area contributed by atoms with Crippen LogP contribution in [0, 0.1) is 5.82 Å². The fraction of sp³-hybridized carbons (Fsp3) is 0.562. The van der Waals surface area contributed by atoms with E-state index in [-0.39, 0.29) is 35.9 Å². The summed E-state index contributed by atoms with van der Waals surface area (Å²) in [6, 6.07) is 6.40. The Morgan fingerprint density at radius 2 is 2.13 bits per heavy atom. The Labute approximate surface area is 154 Å². The van der Waals surface area contributed by atoms with E-state index in [0.29, 0.717) is 32.3 Å². The third-order valence-corrected chi connectivity index (χ3v) is 3.46. The zero-order chi connectivity index (χ0) is 15.6. The van der Waals surface area contributed by atoms with Crippen LogP contribution >= 0.6 is 24.0 Å². The number of benzene rings is 1. The minimum Gasteiger partial charge on any atom is -0.377 e. The third-order valence-electron chi connectivity index (χ3n) is 3.46. The van der Waals surface area contributed by atoms with Crippen LogP contribution in [0.4, 0.5) is 4.39 Å². The maximum absolute atomic E-state index is 12.8. The first-order valence-electron chi connectivity index (χ1n) is 7.66. The van der Waals surface area contributed by atoms with E-state index in [4.69, 9.17) is 9.47 Å². The van der Waals surface area contributed by atoms with Crippen molar-refractivity contribution >= 4 is 29.9 Å². The molecule has 1 unspecified atom stereocenters. The number of hydrogen-bond acceptors (Lipinski definition) is 3. The summed E-state index contributed by atoms with van der Waals surface area (Å²) in [7, 11) is 1.72. The number of hydrogen-bond donors (Lipinski definition) is 2. The van der Waals surface area contributed by atoms with Gasteiger partial charge in [0.25, 0.3) is 0 Å². The lowest BCUT2D eigenvalue weighted by atomic mass is 10.2. The molecule has 0 aliphatic carbocycles. The summed E-state index contributed by atoms with van der Waals surface area (Å²) in [5.74, 6) is 0.472. The Hall–Kier alpha value is -0.930. The fourth-order valence-electron chi connectivity index (χ4n) is 2.24. The maximum Gasteiger partial charge on any atom is 0.191 e. The molecule has 0 bridgehead atoms. The van der Waals surface area contributed by atoms with Gasteiger partial charge in [-0.25, -0.2) is 4.39 Å². The Bertz CT molecular complexity index is 465. The van der Waals surface area contributed by atoms with E-state index in [1.807, 2.05) is 0 Å². The van der Waals surface area contributed by atoms with Gasteiger partial charge in [-0.15, -0.1) is 24.0 Å². The van der Waals surface area contributed by atoms with Crippen molar-refractivity contribution < 1.29 is 13.9 Å². The summed E-state index contributed by atoms with van der Waals surface area (Å²) in [6.45, 7) is 3.39. The summed E-state index contributed by atoms with van der Waals surface area (Å²) >= 11 is 0. The fourth-order valence-corrected chi connectivity index (χ4v) is 2.24. The average molecular weight is 437 g/mol. The molecule has 0 amide bonds. The van der Waals surface area contributed by atoms with Crippen LogP contribution in [0.1, 0.15) is 18.4 Å². The molecule has 0 spiro atoms. The second kappa shape index (κ2) is 11.6. The molecule has 5 nitrogen and oxygen atoms in total. The molecular weight excluding hydrogens is 412 g/mol. The number of ether oxygens (including phenoxy) is 2. The topological polar surface area (TPSA) is 54.9 Å². The highest BCUT2D eigenvalue weighted by atomic mass is 127. The van der Waals surface area contributed by atoms with E-state index < -0.39 is 0 Å². The quantitative estimate of drug-likeness (QED) is 0.298. The van der Waals surface area contributed by atoms with Crippen LogP contribution in [0.15, 0.2) is 29.3 Å². The van der Waals surface area contributed by atoms with E-state index in [0.717, 1.165) is 25.0 Å². The molecule has 1 aromatic carbocycles. The van der Waals surface area contributed by atoms with Crippen molar-refractivity contribution in [2.75, 3.05) is 33.4 Å². The minimum absolute atomic E-state index is 0. The lowest BCUT2D eigenvalue weighted by Crippen LogP contribution is -2.38. The van der Waals surface area contributed by atoms with Crippen LogP contribution in [-0.4, -0.2) is 45.5 Å². The molecule has 1 fully saturated rings. The second-order valence-corrected chi connectivity index (χ2v) is 5.19. The van der Waals surface area contributed by atoms with Crippen LogP contribution in [0.5, 0.6) is 0 Å². The minimum atomic E-state index is -0.227. The van der Waals surface area contributed by atoms with Crippen LogP contribution in [-0.2, 0) is 16.0 Å². The van der Waals surface area contributed by atoms with Gasteiger partial charge in [0, 0.05) is 26.7 Å². The van der Waals surface area contributed by atoms with E-state index >= 15 is 0 Å². The van der Waals surface area contributed by atoms with E-state index in [9.17, 15) is 4.39 Å². The normalized spacial score (nSPS) is 17.7. The van der Waals surface area contributed by atoms with Gasteiger partial charge in [0.1, 0.15) is 5.82 Å². The summed E-state index contributed by atoms with van der Waals surface area (Å²) < 4.78 is 23.9. The zero-order valence-corrected chi connectivity index (χ0v) is 15.7. The van der Waals surface area contributed by atoms with Crippen molar-refractivity contribution in [1.82, 2.24) is 10.6 Å². The maximum atomic E-state index is 12.8. The summed E-state index contributed by atoms with van der Waals surface area (Å²) in [4.78, 5) is 4.14. The first kappa shape index (κ1) is 20.1. The molecule has 2 rings (SSSR count). The molecular formula is C16H25FIN3O2. The molecule has 0 saturated carbocycles. The van der Waals surface area contributed by atoms with Gasteiger partial charge in [0.05, 0.1) is 19.3 Å². The third kappa shape index (κ3) is 7.94. The standard InChI is InChI=1S/C16H24FN3O2.HI/c1-18-16(20-11-13-4-6-14(17)7-5-13)19-8-10-21-12-15-3-2-9-22-15;/h4-7,15H,2-3,8-12H2,1H3,(H2,18,19,20);1H. The van der Waals surface area contributed by atoms with Crippen molar-refractivity contribution in [3.63, 3.8) is 0 Å². The van der Waals surface area contributed by atoms with E-state index in [1.165, 1.54) is 12.1 Å². The number of rotatable bonds is 7. The van der Waals surface area contributed by atoms with Gasteiger partial charge in [-0.3, -0.25) is 4.99 Å². The van der Waals surface area contributed by atoms with Crippen molar-refractivity contribution in [2.24, 2.45) is 4.99 Å². The van der Waals surface area contributed by atoms with Gasteiger partial charge < -0.3 is 20.1 Å². The van der Waals surface area contributed by atoms with Gasteiger partial charge in [0.2, 0.25) is 0 Å². The molecule has 0 aromatic heterocycles. The van der Waals surface area contributed by atoms with Crippen molar-refractivity contribution in [2.45, 2.75) is 25.5 Å². The molecule has 0 radical (unpaired) electrons. The predicted molar refractivity (Wildman–Crippen MR) is 99.8 cm³/mol. The first-order valence-corrected chi connectivity index (χ1v) is 7.66. The van der Waals surface area contributed by atoms with E-state index in [1.54, 1.807) is 19.2 Å². The van der Waals surface area contributed by atoms with Crippen LogP contribution < -0.4 is 10.6 Å². The van der Waals surface area contributed by atoms with Gasteiger partial charge in [-0.05, 0) is 30.5 Å². The lowest BCUT2D eigenvalue weighted by molar-refractivity contribution is 0.0191. The number of nitrogens with one attached hydrogen (secondary N) is 2. The molecule has 1 aliphatic rings. The van der Waals surface area contributed by atoms with Crippen LogP contribution in [0.2, 0.25) is 0 Å². The first-order chi connectivity index (χ1) is 10.8. The Morgan fingerprint density at radius 3 is 2.78 bits per heavy atom. The number of nitrogens with zero attached hydrogens (tertiary/aromatic N) is 1. The molecule has 2 N–H and O–H groups in total. The Kier molecular flexibility index (Phi) is 10.1. The molecule has 1 aromatic rings. The van der Waals surface area contributed by atoms with E-state index in [2.05, 4.69) is 15.6 Å². The average Bonchev–Trinajstić information content (AvgIpc) is 3.05. The van der Waals surface area contributed by atoms with Gasteiger partial charge in [0.15, 0.2) is 5.96 Å². The van der Waals surface area contributed by atoms with Gasteiger partial charge in [-0.2, -0.15) is 0 Å². The smallest absolute Gasteiger partial charge is 0.191 e. The van der Waals surface area contributed by atoms with Crippen LogP contribution in [0.25, 0.3) is 0 Å². The van der Waals surface area contributed by atoms with Crippen molar-refractivity contribution in [3.8, 4) is 0 Å². The highest BCUT2D eigenvalue weighted by molar-refractivity contribution is 14.0. The Morgan fingerprint density at radius 1 is 1.35 bits per heavy atom. The summed E-state index contributed by atoms with van der Waals surface area (Å²) in [5, 5.41) is 6.35. The lowest BCUT2D eigenvalue weighted by Gasteiger charge is -2.13. The largest absolute Gasteiger partial charge is 0.377 e. The van der Waals surface area contributed by atoms with Crippen molar-refractivity contribution in [1.29, 1.82) is 0 Å². The summed E-state index contributed by atoms with van der Waals surface area (Å²) in [5.41, 5.74) is 0.999. The number of aliphatic imine (C=N–C) groups is 1. The zero-order valence-electron chi connectivity index (χ0n) is 13.4. The molecule has 1 saturated heterocycles. The predicted octanol–water partition coefficient (Wildman–Crippen LogP) is 2.30. The van der Waals surface area contributed by atoms with Crippen LogP contribution in [0.3, 0.4) is 0 Å². The highest BCUT2D eigenvalue weighted by Crippen LogP contribution is 2.11. The van der Waals surface area contributed by atoms with Gasteiger partial charge >= 0.3 is 0 Å². The molecule has 23 heavy (non-hydrogen) atoms. The number of halogens is 2. The SMILES string of the molecule is CN=C(NCCOCC1CCCO1)NCc1ccc(F)cc1.I. The summed E-state index contributed by atoms with van der Waals surface area (Å²) in [6.07, 6.45) is 2.48. The monoisotopic (exact) mass is 437 g/mol. The molecule has 1 heterocycles. The second-order valence-electron chi connectivity index (χ2n) is 5.19.